The van der Waals surface area contributed by atoms with E-state index in [1.807, 2.05) is 0 Å². The number of rotatable bonds is 3. The summed E-state index contributed by atoms with van der Waals surface area (Å²) in [6.07, 6.45) is 0.895. The fraction of sp³-hybridized carbons (Fsp3) is 0.917. The molecule has 0 N–H and O–H groups in total. The van der Waals surface area contributed by atoms with Crippen molar-refractivity contribution in [1.29, 1.82) is 0 Å². The second-order valence-corrected chi connectivity index (χ2v) is 5.35. The van der Waals surface area contributed by atoms with Gasteiger partial charge in [0.15, 0.2) is 5.78 Å². The fourth-order valence-electron chi connectivity index (χ4n) is 2.39. The summed E-state index contributed by atoms with van der Waals surface area (Å²) in [6.45, 7) is 8.49. The van der Waals surface area contributed by atoms with Crippen LogP contribution in [0.15, 0.2) is 0 Å². The monoisotopic (exact) mass is 227 g/mol. The SMILES string of the molecule is CC1(C)CN(CC(=O)C2CCOC2)CCO1. The fourth-order valence-corrected chi connectivity index (χ4v) is 2.39. The first-order chi connectivity index (χ1) is 7.57. The molecular weight excluding hydrogens is 206 g/mol. The van der Waals surface area contributed by atoms with E-state index < -0.39 is 0 Å². The van der Waals surface area contributed by atoms with Gasteiger partial charge in [-0.3, -0.25) is 9.69 Å². The summed E-state index contributed by atoms with van der Waals surface area (Å²) in [5.41, 5.74) is -0.120. The Bertz CT molecular complexity index is 259. The topological polar surface area (TPSA) is 38.8 Å². The second kappa shape index (κ2) is 4.82. The Morgan fingerprint density at radius 1 is 1.44 bits per heavy atom. The maximum absolute atomic E-state index is 12.0. The van der Waals surface area contributed by atoms with Crippen molar-refractivity contribution < 1.29 is 14.3 Å². The van der Waals surface area contributed by atoms with E-state index in [-0.39, 0.29) is 11.5 Å². The van der Waals surface area contributed by atoms with Crippen molar-refractivity contribution in [3.05, 3.63) is 0 Å². The molecule has 2 fully saturated rings. The zero-order valence-corrected chi connectivity index (χ0v) is 10.2. The van der Waals surface area contributed by atoms with Gasteiger partial charge in [-0.2, -0.15) is 0 Å². The van der Waals surface area contributed by atoms with Crippen LogP contribution in [-0.2, 0) is 14.3 Å². The molecule has 0 bridgehead atoms. The molecule has 0 aliphatic carbocycles. The molecular formula is C12H21NO3. The van der Waals surface area contributed by atoms with Crippen molar-refractivity contribution in [2.24, 2.45) is 5.92 Å². The molecule has 4 heteroatoms. The van der Waals surface area contributed by atoms with E-state index in [1.165, 1.54) is 0 Å². The van der Waals surface area contributed by atoms with Gasteiger partial charge >= 0.3 is 0 Å². The van der Waals surface area contributed by atoms with Crippen LogP contribution in [0.5, 0.6) is 0 Å². The summed E-state index contributed by atoms with van der Waals surface area (Å²) in [4.78, 5) is 14.2. The Morgan fingerprint density at radius 3 is 2.88 bits per heavy atom. The van der Waals surface area contributed by atoms with Crippen molar-refractivity contribution >= 4 is 5.78 Å². The third-order valence-corrected chi connectivity index (χ3v) is 3.27. The highest BCUT2D eigenvalue weighted by Crippen LogP contribution is 2.18. The molecule has 2 heterocycles. The van der Waals surface area contributed by atoms with Gasteiger partial charge in [0.2, 0.25) is 0 Å². The first kappa shape index (κ1) is 12.0. The largest absolute Gasteiger partial charge is 0.381 e. The lowest BCUT2D eigenvalue weighted by molar-refractivity contribution is -0.129. The Kier molecular flexibility index (Phi) is 3.62. The first-order valence-corrected chi connectivity index (χ1v) is 6.04. The number of carbonyl (C=O) groups excluding carboxylic acids is 1. The van der Waals surface area contributed by atoms with E-state index in [0.717, 1.165) is 32.7 Å². The zero-order chi connectivity index (χ0) is 11.6. The minimum absolute atomic E-state index is 0.120. The minimum atomic E-state index is -0.120. The van der Waals surface area contributed by atoms with Gasteiger partial charge in [-0.15, -0.1) is 0 Å². The van der Waals surface area contributed by atoms with Crippen molar-refractivity contribution in [2.45, 2.75) is 25.9 Å². The number of morpholine rings is 1. The van der Waals surface area contributed by atoms with Crippen molar-refractivity contribution in [3.63, 3.8) is 0 Å². The van der Waals surface area contributed by atoms with E-state index >= 15 is 0 Å². The van der Waals surface area contributed by atoms with Gasteiger partial charge in [0, 0.05) is 25.6 Å². The van der Waals surface area contributed by atoms with E-state index in [4.69, 9.17) is 9.47 Å². The van der Waals surface area contributed by atoms with Crippen molar-refractivity contribution in [2.75, 3.05) is 39.5 Å². The highest BCUT2D eigenvalue weighted by atomic mass is 16.5. The molecule has 0 spiro atoms. The summed E-state index contributed by atoms with van der Waals surface area (Å²) in [6, 6.07) is 0. The molecule has 0 radical (unpaired) electrons. The number of Topliss-reactive ketones (excluding diaryl/α,β-unsaturated/α-hetero) is 1. The van der Waals surface area contributed by atoms with Crippen LogP contribution in [0, 0.1) is 5.92 Å². The molecule has 2 saturated heterocycles. The maximum atomic E-state index is 12.0. The number of nitrogens with zero attached hydrogens (tertiary/aromatic N) is 1. The van der Waals surface area contributed by atoms with Gasteiger partial charge in [-0.05, 0) is 20.3 Å². The molecule has 0 aromatic rings. The standard InChI is InChI=1S/C12H21NO3/c1-12(2)9-13(4-6-16-12)7-11(14)10-3-5-15-8-10/h10H,3-9H2,1-2H3. The van der Waals surface area contributed by atoms with Crippen LogP contribution in [0.4, 0.5) is 0 Å². The molecule has 92 valence electrons. The van der Waals surface area contributed by atoms with Crippen LogP contribution in [0.25, 0.3) is 0 Å². The normalized spacial score (nSPS) is 30.5. The predicted molar refractivity (Wildman–Crippen MR) is 60.4 cm³/mol. The van der Waals surface area contributed by atoms with Gasteiger partial charge in [-0.1, -0.05) is 0 Å². The molecule has 2 rings (SSSR count). The van der Waals surface area contributed by atoms with Gasteiger partial charge in [0.25, 0.3) is 0 Å². The van der Waals surface area contributed by atoms with Crippen molar-refractivity contribution in [1.82, 2.24) is 4.90 Å². The average Bonchev–Trinajstić information content (AvgIpc) is 2.68. The number of hydrogen-bond donors (Lipinski definition) is 0. The number of hydrogen-bond acceptors (Lipinski definition) is 4. The summed E-state index contributed by atoms with van der Waals surface area (Å²) in [5.74, 6) is 0.459. The highest BCUT2D eigenvalue weighted by Gasteiger charge is 2.30. The summed E-state index contributed by atoms with van der Waals surface area (Å²) >= 11 is 0. The average molecular weight is 227 g/mol. The molecule has 0 saturated carbocycles. The molecule has 4 nitrogen and oxygen atoms in total. The summed E-state index contributed by atoms with van der Waals surface area (Å²) < 4.78 is 10.9. The predicted octanol–water partition coefficient (Wildman–Crippen LogP) is 0.703. The Hall–Kier alpha value is -0.450. The lowest BCUT2D eigenvalue weighted by atomic mass is 10.0. The Morgan fingerprint density at radius 2 is 2.25 bits per heavy atom. The maximum Gasteiger partial charge on any atom is 0.152 e. The van der Waals surface area contributed by atoms with E-state index in [0.29, 0.717) is 18.9 Å². The quantitative estimate of drug-likeness (QED) is 0.711. The third kappa shape index (κ3) is 3.03. The molecule has 16 heavy (non-hydrogen) atoms. The van der Waals surface area contributed by atoms with Gasteiger partial charge < -0.3 is 9.47 Å². The molecule has 1 unspecified atom stereocenters. The van der Waals surface area contributed by atoms with Crippen LogP contribution in [0.1, 0.15) is 20.3 Å². The molecule has 0 amide bonds. The lowest BCUT2D eigenvalue weighted by Gasteiger charge is -2.38. The van der Waals surface area contributed by atoms with E-state index in [2.05, 4.69) is 18.7 Å². The molecule has 2 aliphatic rings. The first-order valence-electron chi connectivity index (χ1n) is 6.04. The summed E-state index contributed by atoms with van der Waals surface area (Å²) in [5, 5.41) is 0. The van der Waals surface area contributed by atoms with Gasteiger partial charge in [0.1, 0.15) is 0 Å². The van der Waals surface area contributed by atoms with Crippen molar-refractivity contribution in [3.8, 4) is 0 Å². The van der Waals surface area contributed by atoms with Crippen LogP contribution in [0.3, 0.4) is 0 Å². The third-order valence-electron chi connectivity index (χ3n) is 3.27. The lowest BCUT2D eigenvalue weighted by Crippen LogP contribution is -2.50. The second-order valence-electron chi connectivity index (χ2n) is 5.35. The highest BCUT2D eigenvalue weighted by molar-refractivity contribution is 5.83. The molecule has 0 aromatic carbocycles. The van der Waals surface area contributed by atoms with Gasteiger partial charge in [0.05, 0.1) is 25.4 Å². The van der Waals surface area contributed by atoms with E-state index in [9.17, 15) is 4.79 Å². The molecule has 2 aliphatic heterocycles. The van der Waals surface area contributed by atoms with Crippen LogP contribution in [-0.4, -0.2) is 55.7 Å². The van der Waals surface area contributed by atoms with E-state index in [1.54, 1.807) is 0 Å². The Balaban J connectivity index is 1.82. The van der Waals surface area contributed by atoms with Crippen LogP contribution >= 0.6 is 0 Å². The van der Waals surface area contributed by atoms with Gasteiger partial charge in [-0.25, -0.2) is 0 Å². The number of ketones is 1. The van der Waals surface area contributed by atoms with Crippen LogP contribution < -0.4 is 0 Å². The number of carbonyl (C=O) groups is 1. The van der Waals surface area contributed by atoms with Crippen LogP contribution in [0.2, 0.25) is 0 Å². The Labute approximate surface area is 96.9 Å². The zero-order valence-electron chi connectivity index (χ0n) is 10.2. The molecule has 0 aromatic heterocycles. The minimum Gasteiger partial charge on any atom is -0.381 e. The summed E-state index contributed by atoms with van der Waals surface area (Å²) in [7, 11) is 0. The smallest absolute Gasteiger partial charge is 0.152 e. The molecule has 1 atom stereocenters. The number of ether oxygens (including phenoxy) is 2.